The molecule has 0 saturated heterocycles. The van der Waals surface area contributed by atoms with Crippen LogP contribution in [-0.4, -0.2) is 27.3 Å². The van der Waals surface area contributed by atoms with Gasteiger partial charge in [-0.2, -0.15) is 0 Å². The maximum Gasteiger partial charge on any atom is 0.330 e. The number of carbonyl (C=O) groups is 1. The first-order valence-corrected chi connectivity index (χ1v) is 11.2. The fourth-order valence-electron chi connectivity index (χ4n) is 3.48. The van der Waals surface area contributed by atoms with Crippen LogP contribution in [0.15, 0.2) is 72.8 Å². The zero-order chi connectivity index (χ0) is 23.2. The molecule has 3 aromatic carbocycles. The number of hydrogen-bond acceptors (Lipinski definition) is 6. The molecule has 0 bridgehead atoms. The van der Waals surface area contributed by atoms with E-state index in [9.17, 15) is 4.79 Å². The van der Waals surface area contributed by atoms with Gasteiger partial charge in [0.05, 0.1) is 25.7 Å². The highest BCUT2D eigenvalue weighted by molar-refractivity contribution is 7.22. The third-order valence-corrected chi connectivity index (χ3v) is 6.29. The van der Waals surface area contributed by atoms with Gasteiger partial charge in [-0.15, -0.1) is 11.3 Å². The molecule has 0 amide bonds. The lowest BCUT2D eigenvalue weighted by molar-refractivity contribution is -0.134. The molecular formula is C27H24O5S. The van der Waals surface area contributed by atoms with Crippen molar-refractivity contribution in [3.8, 4) is 27.7 Å². The molecule has 1 heterocycles. The van der Waals surface area contributed by atoms with Crippen molar-refractivity contribution in [2.75, 3.05) is 21.3 Å². The number of rotatable bonds is 8. The third kappa shape index (κ3) is 5.08. The minimum Gasteiger partial charge on any atom is -0.497 e. The second-order valence-electron chi connectivity index (χ2n) is 7.24. The van der Waals surface area contributed by atoms with Gasteiger partial charge in [0.2, 0.25) is 0 Å². The molecule has 0 N–H and O–H groups in total. The second kappa shape index (κ2) is 10.3. The molecule has 0 aliphatic rings. The van der Waals surface area contributed by atoms with E-state index in [2.05, 4.69) is 16.9 Å². The lowest BCUT2D eigenvalue weighted by Gasteiger charge is -2.11. The van der Waals surface area contributed by atoms with E-state index in [0.29, 0.717) is 12.4 Å². The van der Waals surface area contributed by atoms with Crippen molar-refractivity contribution in [3.05, 3.63) is 83.9 Å². The van der Waals surface area contributed by atoms with Crippen LogP contribution in [0.1, 0.15) is 11.1 Å². The van der Waals surface area contributed by atoms with Crippen molar-refractivity contribution in [2.24, 2.45) is 0 Å². The summed E-state index contributed by atoms with van der Waals surface area (Å²) in [6.45, 7) is 0.508. The average molecular weight is 461 g/mol. The summed E-state index contributed by atoms with van der Waals surface area (Å²) in [6, 6.07) is 21.7. The van der Waals surface area contributed by atoms with Crippen LogP contribution in [0.4, 0.5) is 0 Å². The molecule has 0 atom stereocenters. The summed E-state index contributed by atoms with van der Waals surface area (Å²) in [7, 11) is 4.71. The summed E-state index contributed by atoms with van der Waals surface area (Å²) in [5, 5.41) is 1.01. The Kier molecular flexibility index (Phi) is 7.07. The van der Waals surface area contributed by atoms with Crippen molar-refractivity contribution < 1.29 is 23.7 Å². The van der Waals surface area contributed by atoms with Crippen LogP contribution >= 0.6 is 11.3 Å². The maximum absolute atomic E-state index is 11.3. The number of hydrogen-bond donors (Lipinski definition) is 0. The number of esters is 1. The molecule has 33 heavy (non-hydrogen) atoms. The largest absolute Gasteiger partial charge is 0.497 e. The second-order valence-corrected chi connectivity index (χ2v) is 8.29. The van der Waals surface area contributed by atoms with Gasteiger partial charge in [0.1, 0.15) is 11.5 Å². The smallest absolute Gasteiger partial charge is 0.330 e. The van der Waals surface area contributed by atoms with Crippen molar-refractivity contribution in [3.63, 3.8) is 0 Å². The van der Waals surface area contributed by atoms with Gasteiger partial charge in [-0.3, -0.25) is 0 Å². The van der Waals surface area contributed by atoms with Gasteiger partial charge in [0.25, 0.3) is 0 Å². The highest BCUT2D eigenvalue weighted by Crippen LogP contribution is 2.48. The van der Waals surface area contributed by atoms with Gasteiger partial charge >= 0.3 is 5.97 Å². The van der Waals surface area contributed by atoms with E-state index in [4.69, 9.17) is 14.2 Å². The maximum atomic E-state index is 11.3. The zero-order valence-electron chi connectivity index (χ0n) is 18.7. The minimum atomic E-state index is -0.394. The standard InChI is InChI=1S/C27H24O5S/c1-29-17-19-6-4-5-7-22(19)27-26(23-14-13-21(30-2)16-24(23)33-27)32-20-11-8-18(9-12-20)10-15-25(28)31-3/h4-16H,17H2,1-3H3. The number of carbonyl (C=O) groups excluding carboxylic acids is 1. The number of ether oxygens (including phenoxy) is 4. The Balaban J connectivity index is 1.76. The Bertz CT molecular complexity index is 1290. The normalized spacial score (nSPS) is 11.1. The Morgan fingerprint density at radius 3 is 2.42 bits per heavy atom. The first-order chi connectivity index (χ1) is 16.1. The first kappa shape index (κ1) is 22.6. The van der Waals surface area contributed by atoms with Crippen LogP contribution in [0.3, 0.4) is 0 Å². The van der Waals surface area contributed by atoms with Gasteiger partial charge in [-0.05, 0) is 47.5 Å². The summed E-state index contributed by atoms with van der Waals surface area (Å²) >= 11 is 1.66. The predicted octanol–water partition coefficient (Wildman–Crippen LogP) is 6.70. The van der Waals surface area contributed by atoms with E-state index in [-0.39, 0.29) is 0 Å². The number of benzene rings is 3. The first-order valence-electron chi connectivity index (χ1n) is 10.3. The van der Waals surface area contributed by atoms with Crippen molar-refractivity contribution in [1.82, 2.24) is 0 Å². The van der Waals surface area contributed by atoms with Gasteiger partial charge in [0.15, 0.2) is 5.75 Å². The predicted molar refractivity (Wildman–Crippen MR) is 132 cm³/mol. The molecular weight excluding hydrogens is 436 g/mol. The summed E-state index contributed by atoms with van der Waals surface area (Å²) in [5.74, 6) is 1.90. The molecule has 1 aromatic heterocycles. The summed E-state index contributed by atoms with van der Waals surface area (Å²) < 4.78 is 23.0. The Morgan fingerprint density at radius 1 is 0.939 bits per heavy atom. The minimum absolute atomic E-state index is 0.394. The van der Waals surface area contributed by atoms with Crippen LogP contribution in [0.2, 0.25) is 0 Å². The van der Waals surface area contributed by atoms with E-state index in [1.54, 1.807) is 31.6 Å². The Labute approximate surface area is 196 Å². The molecule has 168 valence electrons. The van der Waals surface area contributed by atoms with Crippen LogP contribution in [0.25, 0.3) is 26.6 Å². The fraction of sp³-hybridized carbons (Fsp3) is 0.148. The van der Waals surface area contributed by atoms with E-state index in [1.165, 1.54) is 13.2 Å². The van der Waals surface area contributed by atoms with Crippen LogP contribution < -0.4 is 9.47 Å². The topological polar surface area (TPSA) is 54.0 Å². The molecule has 5 nitrogen and oxygen atoms in total. The van der Waals surface area contributed by atoms with Gasteiger partial charge in [0, 0.05) is 28.8 Å². The average Bonchev–Trinajstić information content (AvgIpc) is 3.21. The van der Waals surface area contributed by atoms with Crippen molar-refractivity contribution >= 4 is 33.5 Å². The molecule has 0 radical (unpaired) electrons. The third-order valence-electron chi connectivity index (χ3n) is 5.13. The zero-order valence-corrected chi connectivity index (χ0v) is 19.5. The highest BCUT2D eigenvalue weighted by Gasteiger charge is 2.19. The van der Waals surface area contributed by atoms with E-state index >= 15 is 0 Å². The molecule has 0 saturated carbocycles. The molecule has 0 aliphatic carbocycles. The van der Waals surface area contributed by atoms with E-state index in [0.717, 1.165) is 43.2 Å². The molecule has 4 aromatic rings. The van der Waals surface area contributed by atoms with Crippen LogP contribution in [0.5, 0.6) is 17.2 Å². The Morgan fingerprint density at radius 2 is 1.70 bits per heavy atom. The molecule has 6 heteroatoms. The SMILES string of the molecule is COCc1ccccc1-c1sc2cc(OC)ccc2c1Oc1ccc(C=CC(=O)OC)cc1. The lowest BCUT2D eigenvalue weighted by atomic mass is 10.1. The van der Waals surface area contributed by atoms with Crippen LogP contribution in [0, 0.1) is 0 Å². The molecule has 0 fully saturated rings. The lowest BCUT2D eigenvalue weighted by Crippen LogP contribution is -1.93. The summed E-state index contributed by atoms with van der Waals surface area (Å²) in [5.41, 5.74) is 3.04. The molecule has 0 unspecified atom stereocenters. The summed E-state index contributed by atoms with van der Waals surface area (Å²) in [4.78, 5) is 12.4. The van der Waals surface area contributed by atoms with Gasteiger partial charge < -0.3 is 18.9 Å². The number of fused-ring (bicyclic) bond motifs is 1. The highest BCUT2D eigenvalue weighted by atomic mass is 32.1. The van der Waals surface area contributed by atoms with Crippen molar-refractivity contribution in [2.45, 2.75) is 6.61 Å². The van der Waals surface area contributed by atoms with E-state index < -0.39 is 5.97 Å². The molecule has 4 rings (SSSR count). The van der Waals surface area contributed by atoms with E-state index in [1.807, 2.05) is 54.6 Å². The number of methoxy groups -OCH3 is 3. The monoisotopic (exact) mass is 460 g/mol. The molecule has 0 aliphatic heterocycles. The summed E-state index contributed by atoms with van der Waals surface area (Å²) in [6.07, 6.45) is 3.09. The Hall–Kier alpha value is -3.61. The van der Waals surface area contributed by atoms with Gasteiger partial charge in [-0.25, -0.2) is 4.79 Å². The molecule has 0 spiro atoms. The van der Waals surface area contributed by atoms with Gasteiger partial charge in [-0.1, -0.05) is 36.4 Å². The quantitative estimate of drug-likeness (QED) is 0.216. The number of thiophene rings is 1. The fourth-order valence-corrected chi connectivity index (χ4v) is 4.70. The van der Waals surface area contributed by atoms with Crippen molar-refractivity contribution in [1.29, 1.82) is 0 Å². The van der Waals surface area contributed by atoms with Crippen LogP contribution in [-0.2, 0) is 20.9 Å².